The number of methoxy groups -OCH3 is 1. The zero-order chi connectivity index (χ0) is 27.1. The van der Waals surface area contributed by atoms with E-state index in [1.165, 1.54) is 13.2 Å². The number of pyridine rings is 1. The third kappa shape index (κ3) is 4.72. The van der Waals surface area contributed by atoms with Crippen LogP contribution in [0.1, 0.15) is 27.3 Å². The lowest BCUT2D eigenvalue weighted by molar-refractivity contribution is -0.621. The van der Waals surface area contributed by atoms with Crippen LogP contribution in [0.4, 0.5) is 4.39 Å². The Morgan fingerprint density at radius 1 is 1.08 bits per heavy atom. The minimum Gasteiger partial charge on any atom is -0.616 e. The Balaban J connectivity index is 1.14. The Morgan fingerprint density at radius 2 is 1.82 bits per heavy atom. The van der Waals surface area contributed by atoms with E-state index < -0.39 is 5.82 Å². The fraction of sp³-hybridized carbons (Fsp3) is 0.310. The number of carbonyl (C=O) groups is 1. The number of aromatic amines is 1. The summed E-state index contributed by atoms with van der Waals surface area (Å²) in [6.07, 6.45) is 0.349. The second-order valence-corrected chi connectivity index (χ2v) is 10.3. The predicted octanol–water partition coefficient (Wildman–Crippen LogP) is 2.50. The van der Waals surface area contributed by atoms with Crippen LogP contribution in [0.3, 0.4) is 0 Å². The van der Waals surface area contributed by atoms with Gasteiger partial charge in [0.25, 0.3) is 11.5 Å². The van der Waals surface area contributed by atoms with Crippen LogP contribution in [-0.4, -0.2) is 59.2 Å². The largest absolute Gasteiger partial charge is 0.616 e. The molecule has 2 aliphatic rings. The molecule has 1 N–H and O–H groups in total. The van der Waals surface area contributed by atoms with E-state index in [-0.39, 0.29) is 34.7 Å². The molecule has 2 aromatic carbocycles. The molecule has 2 saturated heterocycles. The lowest BCUT2D eigenvalue weighted by Gasteiger charge is -2.22. The van der Waals surface area contributed by atoms with Gasteiger partial charge in [-0.15, -0.1) is 4.73 Å². The van der Waals surface area contributed by atoms with Crippen molar-refractivity contribution in [3.63, 3.8) is 0 Å². The third-order valence-electron chi connectivity index (χ3n) is 7.84. The molecule has 200 valence electrons. The van der Waals surface area contributed by atoms with Gasteiger partial charge in [-0.1, -0.05) is 24.3 Å². The van der Waals surface area contributed by atoms with E-state index >= 15 is 0 Å². The van der Waals surface area contributed by atoms with Gasteiger partial charge < -0.3 is 14.8 Å². The van der Waals surface area contributed by atoms with Crippen LogP contribution < -0.4 is 15.0 Å². The number of nitrogens with zero attached hydrogens (tertiary/aromatic N) is 4. The number of likely N-dealkylation sites (tertiary alicyclic amines) is 2. The van der Waals surface area contributed by atoms with Gasteiger partial charge in [0.15, 0.2) is 0 Å². The van der Waals surface area contributed by atoms with Gasteiger partial charge in [0.1, 0.15) is 5.82 Å². The molecule has 4 heterocycles. The van der Waals surface area contributed by atoms with Gasteiger partial charge in [-0.05, 0) is 41.7 Å². The Kier molecular flexibility index (Phi) is 6.48. The highest BCUT2D eigenvalue weighted by Gasteiger charge is 2.42. The number of hydrogen-bond acceptors (Lipinski definition) is 6. The molecule has 0 spiro atoms. The van der Waals surface area contributed by atoms with Crippen molar-refractivity contribution in [3.05, 3.63) is 105 Å². The second-order valence-electron chi connectivity index (χ2n) is 10.3. The Morgan fingerprint density at radius 3 is 2.56 bits per heavy atom. The van der Waals surface area contributed by atoms with E-state index in [4.69, 9.17) is 4.74 Å². The number of fused-ring (bicyclic) bond motifs is 2. The smallest absolute Gasteiger partial charge is 0.379 e. The molecule has 4 aromatic rings. The number of halogens is 1. The van der Waals surface area contributed by atoms with Gasteiger partial charge >= 0.3 is 5.88 Å². The molecule has 1 amide bonds. The fourth-order valence-corrected chi connectivity index (χ4v) is 5.92. The Bertz CT molecular complexity index is 1610. The molecule has 0 aliphatic carbocycles. The van der Waals surface area contributed by atoms with Gasteiger partial charge in [-0.25, -0.2) is 9.49 Å². The van der Waals surface area contributed by atoms with E-state index in [9.17, 15) is 19.2 Å². The molecule has 10 heteroatoms. The number of benzene rings is 2. The number of nitrogens with one attached hydrogen (secondary N) is 1. The predicted molar refractivity (Wildman–Crippen MR) is 142 cm³/mol. The number of carbonyl (C=O) groups excluding carboxylic acids is 1. The van der Waals surface area contributed by atoms with Gasteiger partial charge in [0.2, 0.25) is 5.69 Å². The van der Waals surface area contributed by atoms with Gasteiger partial charge in [-0.3, -0.25) is 14.5 Å². The summed E-state index contributed by atoms with van der Waals surface area (Å²) in [6, 6.07) is 17.0. The first-order valence-corrected chi connectivity index (χ1v) is 12.9. The van der Waals surface area contributed by atoms with E-state index in [0.29, 0.717) is 42.8 Å². The summed E-state index contributed by atoms with van der Waals surface area (Å²) in [5, 5.41) is 20.4. The highest BCUT2D eigenvalue weighted by atomic mass is 19.1. The van der Waals surface area contributed by atoms with Gasteiger partial charge in [0, 0.05) is 44.1 Å². The molecule has 2 fully saturated rings. The number of hydrogen-bond donors (Lipinski definition) is 1. The molecule has 2 atom stereocenters. The first-order valence-electron chi connectivity index (χ1n) is 12.9. The summed E-state index contributed by atoms with van der Waals surface area (Å²) in [5.41, 5.74) is 1.78. The Hall–Kier alpha value is -4.31. The summed E-state index contributed by atoms with van der Waals surface area (Å²) in [7, 11) is 1.47. The second kappa shape index (κ2) is 10.1. The lowest BCUT2D eigenvalue weighted by atomic mass is 10.0. The van der Waals surface area contributed by atoms with Crippen molar-refractivity contribution in [2.24, 2.45) is 11.8 Å². The van der Waals surface area contributed by atoms with Crippen molar-refractivity contribution in [1.82, 2.24) is 20.0 Å². The molecule has 2 unspecified atom stereocenters. The SMILES string of the molecule is COc1cccc(CN2CC3CN(C(=O)c4cc(Cc5n[nH]c(=O)c6ccccc56)ccc4F)CC3C2)[n+]1[O-]. The molecule has 6 rings (SSSR count). The lowest BCUT2D eigenvalue weighted by Crippen LogP contribution is -2.38. The quantitative estimate of drug-likeness (QED) is 0.304. The average Bonchev–Trinajstić information content (AvgIpc) is 3.51. The maximum absolute atomic E-state index is 14.9. The number of amides is 1. The van der Waals surface area contributed by atoms with Crippen molar-refractivity contribution in [1.29, 1.82) is 0 Å². The van der Waals surface area contributed by atoms with Crippen molar-refractivity contribution in [2.75, 3.05) is 33.3 Å². The summed E-state index contributed by atoms with van der Waals surface area (Å²) in [4.78, 5) is 29.5. The van der Waals surface area contributed by atoms with Crippen LogP contribution in [0.25, 0.3) is 10.8 Å². The molecule has 0 radical (unpaired) electrons. The van der Waals surface area contributed by atoms with E-state index in [1.54, 1.807) is 47.4 Å². The summed E-state index contributed by atoms with van der Waals surface area (Å²) in [6.45, 7) is 3.13. The summed E-state index contributed by atoms with van der Waals surface area (Å²) >= 11 is 0. The maximum atomic E-state index is 14.9. The first-order chi connectivity index (χ1) is 18.9. The first kappa shape index (κ1) is 25.0. The van der Waals surface area contributed by atoms with Crippen LogP contribution in [-0.2, 0) is 13.0 Å². The minimum atomic E-state index is -0.556. The molecule has 0 saturated carbocycles. The van der Waals surface area contributed by atoms with E-state index in [0.717, 1.165) is 28.8 Å². The fourth-order valence-electron chi connectivity index (χ4n) is 5.92. The van der Waals surface area contributed by atoms with Crippen molar-refractivity contribution in [3.8, 4) is 5.88 Å². The number of H-pyrrole nitrogens is 1. The van der Waals surface area contributed by atoms with Crippen LogP contribution in [0.5, 0.6) is 5.88 Å². The molecule has 2 aromatic heterocycles. The van der Waals surface area contributed by atoms with Gasteiger partial charge in [-0.2, -0.15) is 5.10 Å². The summed E-state index contributed by atoms with van der Waals surface area (Å²) in [5.74, 6) is -0.0813. The van der Waals surface area contributed by atoms with Crippen molar-refractivity contribution >= 4 is 16.7 Å². The highest BCUT2D eigenvalue weighted by Crippen LogP contribution is 2.33. The molecule has 0 bridgehead atoms. The number of rotatable bonds is 6. The van der Waals surface area contributed by atoms with Crippen molar-refractivity contribution in [2.45, 2.75) is 13.0 Å². The molecular weight excluding hydrogens is 501 g/mol. The highest BCUT2D eigenvalue weighted by molar-refractivity contribution is 5.95. The van der Waals surface area contributed by atoms with Crippen molar-refractivity contribution < 1.29 is 18.7 Å². The molecular formula is C29H28FN5O4. The molecule has 9 nitrogen and oxygen atoms in total. The minimum absolute atomic E-state index is 0.0434. The molecule has 39 heavy (non-hydrogen) atoms. The van der Waals surface area contributed by atoms with Crippen LogP contribution in [0.15, 0.2) is 65.5 Å². The number of aromatic nitrogens is 3. The Labute approximate surface area is 224 Å². The van der Waals surface area contributed by atoms with Crippen LogP contribution >= 0.6 is 0 Å². The number of ether oxygens (including phenoxy) is 1. The van der Waals surface area contributed by atoms with E-state index in [1.807, 2.05) is 12.1 Å². The van der Waals surface area contributed by atoms with Crippen LogP contribution in [0, 0.1) is 22.9 Å². The maximum Gasteiger partial charge on any atom is 0.379 e. The summed E-state index contributed by atoms with van der Waals surface area (Å²) < 4.78 is 20.8. The monoisotopic (exact) mass is 529 g/mol. The third-order valence-corrected chi connectivity index (χ3v) is 7.84. The molecule has 2 aliphatic heterocycles. The van der Waals surface area contributed by atoms with Crippen LogP contribution in [0.2, 0.25) is 0 Å². The standard InChI is InChI=1S/C29H28FN5O4/c1-39-27-8-4-5-21(35(27)38)17-33-13-19-15-34(16-20(19)14-33)29(37)24-11-18(9-10-25(24)30)12-26-22-6-2-3-7-23(22)28(36)32-31-26/h2-11,19-20H,12-17H2,1H3,(H,32,36). The zero-order valence-electron chi connectivity index (χ0n) is 21.5. The topological polar surface area (TPSA) is 105 Å². The average molecular weight is 530 g/mol. The van der Waals surface area contributed by atoms with Gasteiger partial charge in [0.05, 0.1) is 36.4 Å². The normalized spacial score (nSPS) is 19.0. The zero-order valence-corrected chi connectivity index (χ0v) is 21.5. The van der Waals surface area contributed by atoms with E-state index in [2.05, 4.69) is 15.1 Å².